The Bertz CT molecular complexity index is 990. The highest BCUT2D eigenvalue weighted by atomic mass is 32.1. The number of amides is 2. The van der Waals surface area contributed by atoms with Gasteiger partial charge in [-0.3, -0.25) is 9.59 Å². The number of aromatic nitrogens is 2. The van der Waals surface area contributed by atoms with Crippen LogP contribution >= 0.6 is 11.3 Å². The Morgan fingerprint density at radius 3 is 2.74 bits per heavy atom. The third-order valence-electron chi connectivity index (χ3n) is 4.88. The van der Waals surface area contributed by atoms with Crippen LogP contribution in [0.5, 0.6) is 0 Å². The van der Waals surface area contributed by atoms with Gasteiger partial charge in [0.15, 0.2) is 0 Å². The lowest BCUT2D eigenvalue weighted by molar-refractivity contribution is 0.1000. The van der Waals surface area contributed by atoms with Crippen LogP contribution < -0.4 is 11.1 Å². The first-order valence-corrected chi connectivity index (χ1v) is 9.70. The molecule has 0 bridgehead atoms. The van der Waals surface area contributed by atoms with Crippen molar-refractivity contribution in [3.05, 3.63) is 64.3 Å². The number of carbonyl (C=O) groups is 2. The number of thiophene rings is 1. The van der Waals surface area contributed by atoms with Gasteiger partial charge in [0.25, 0.3) is 11.8 Å². The predicted molar refractivity (Wildman–Crippen MR) is 106 cm³/mol. The number of anilines is 1. The number of nitrogens with one attached hydrogen (secondary N) is 1. The number of primary amides is 1. The molecule has 0 aliphatic heterocycles. The fourth-order valence-corrected chi connectivity index (χ4v) is 4.87. The summed E-state index contributed by atoms with van der Waals surface area (Å²) >= 11 is 1.47. The van der Waals surface area contributed by atoms with Gasteiger partial charge < -0.3 is 11.1 Å². The summed E-state index contributed by atoms with van der Waals surface area (Å²) < 4.78 is 1.72. The molecular formula is C20H20N4O2S. The molecule has 1 atom stereocenters. The number of hydrogen-bond acceptors (Lipinski definition) is 4. The van der Waals surface area contributed by atoms with Gasteiger partial charge in [0.2, 0.25) is 0 Å². The molecule has 7 heteroatoms. The van der Waals surface area contributed by atoms with Gasteiger partial charge in [0.05, 0.1) is 11.3 Å². The number of nitrogens with zero attached hydrogens (tertiary/aromatic N) is 2. The van der Waals surface area contributed by atoms with Gasteiger partial charge in [-0.25, -0.2) is 4.68 Å². The predicted octanol–water partition coefficient (Wildman–Crippen LogP) is 3.41. The molecule has 27 heavy (non-hydrogen) atoms. The molecule has 1 aliphatic carbocycles. The second kappa shape index (κ2) is 7.00. The second-order valence-electron chi connectivity index (χ2n) is 6.87. The van der Waals surface area contributed by atoms with Gasteiger partial charge in [0, 0.05) is 22.8 Å². The van der Waals surface area contributed by atoms with Crippen molar-refractivity contribution in [2.45, 2.75) is 26.2 Å². The molecule has 2 heterocycles. The number of fused-ring (bicyclic) bond motifs is 1. The molecule has 2 aromatic heterocycles. The lowest BCUT2D eigenvalue weighted by Crippen LogP contribution is -2.19. The van der Waals surface area contributed by atoms with Crippen molar-refractivity contribution >= 4 is 28.2 Å². The van der Waals surface area contributed by atoms with Crippen molar-refractivity contribution < 1.29 is 9.59 Å². The molecule has 6 nitrogen and oxygen atoms in total. The first-order chi connectivity index (χ1) is 13.0. The van der Waals surface area contributed by atoms with E-state index in [1.807, 2.05) is 24.4 Å². The molecule has 0 saturated heterocycles. The molecule has 3 aromatic rings. The van der Waals surface area contributed by atoms with Crippen LogP contribution in [0.1, 0.15) is 44.5 Å². The molecule has 1 aliphatic rings. The van der Waals surface area contributed by atoms with Crippen LogP contribution in [-0.2, 0) is 12.8 Å². The maximum atomic E-state index is 12.7. The van der Waals surface area contributed by atoms with E-state index in [-0.39, 0.29) is 5.91 Å². The second-order valence-corrected chi connectivity index (χ2v) is 7.98. The van der Waals surface area contributed by atoms with E-state index in [1.54, 1.807) is 23.0 Å². The minimum Gasteiger partial charge on any atom is -0.365 e. The molecule has 2 amide bonds. The fourth-order valence-electron chi connectivity index (χ4n) is 3.46. The van der Waals surface area contributed by atoms with E-state index in [0.717, 1.165) is 35.4 Å². The molecule has 0 fully saturated rings. The van der Waals surface area contributed by atoms with Crippen LogP contribution in [0.3, 0.4) is 0 Å². The van der Waals surface area contributed by atoms with E-state index in [2.05, 4.69) is 17.3 Å². The molecule has 3 N–H and O–H groups in total. The van der Waals surface area contributed by atoms with Crippen LogP contribution in [-0.4, -0.2) is 21.6 Å². The van der Waals surface area contributed by atoms with E-state index < -0.39 is 5.91 Å². The van der Waals surface area contributed by atoms with Gasteiger partial charge in [-0.2, -0.15) is 5.10 Å². The zero-order valence-corrected chi connectivity index (χ0v) is 15.8. The van der Waals surface area contributed by atoms with Crippen LogP contribution in [0.25, 0.3) is 5.69 Å². The van der Waals surface area contributed by atoms with Crippen LogP contribution in [0.4, 0.5) is 5.00 Å². The van der Waals surface area contributed by atoms with E-state index in [1.165, 1.54) is 11.3 Å². The van der Waals surface area contributed by atoms with E-state index >= 15 is 0 Å². The SMILES string of the molecule is C[C@H]1CCc2c(sc(NC(=O)c3ccc(-n4cccn4)cc3)c2C(N)=O)C1. The largest absolute Gasteiger partial charge is 0.365 e. The Morgan fingerprint density at radius 1 is 1.30 bits per heavy atom. The van der Waals surface area contributed by atoms with E-state index in [9.17, 15) is 9.59 Å². The number of hydrogen-bond donors (Lipinski definition) is 2. The highest BCUT2D eigenvalue weighted by Gasteiger charge is 2.27. The Balaban J connectivity index is 1.59. The average Bonchev–Trinajstić information content (AvgIpc) is 3.29. The topological polar surface area (TPSA) is 90.0 Å². The highest BCUT2D eigenvalue weighted by Crippen LogP contribution is 2.39. The quantitative estimate of drug-likeness (QED) is 0.727. The first kappa shape index (κ1) is 17.5. The maximum Gasteiger partial charge on any atom is 0.256 e. The van der Waals surface area contributed by atoms with Crippen LogP contribution in [0.2, 0.25) is 0 Å². The van der Waals surface area contributed by atoms with Crippen molar-refractivity contribution in [1.82, 2.24) is 9.78 Å². The highest BCUT2D eigenvalue weighted by molar-refractivity contribution is 7.17. The van der Waals surface area contributed by atoms with Crippen LogP contribution in [0.15, 0.2) is 42.7 Å². The Morgan fingerprint density at radius 2 is 2.07 bits per heavy atom. The van der Waals surface area contributed by atoms with Crippen LogP contribution in [0, 0.1) is 5.92 Å². The summed E-state index contributed by atoms with van der Waals surface area (Å²) in [7, 11) is 0. The van der Waals surface area contributed by atoms with Gasteiger partial charge in [-0.05, 0) is 61.1 Å². The number of rotatable bonds is 4. The molecule has 138 valence electrons. The molecule has 0 saturated carbocycles. The zero-order chi connectivity index (χ0) is 19.0. The average molecular weight is 380 g/mol. The number of nitrogens with two attached hydrogens (primary N) is 1. The van der Waals surface area contributed by atoms with Gasteiger partial charge in [-0.15, -0.1) is 11.3 Å². The standard InChI is InChI=1S/C20H20N4O2S/c1-12-3-8-15-16(11-12)27-20(17(15)18(21)25)23-19(26)13-4-6-14(7-5-13)24-10-2-9-22-24/h2,4-7,9-10,12H,3,8,11H2,1H3,(H2,21,25)(H,23,26)/t12-/m0/s1. The normalized spacial score (nSPS) is 16.0. The van der Waals surface area contributed by atoms with E-state index in [0.29, 0.717) is 22.0 Å². The minimum absolute atomic E-state index is 0.254. The Labute approximate surface area is 161 Å². The molecule has 1 aromatic carbocycles. The third kappa shape index (κ3) is 3.38. The maximum absolute atomic E-state index is 12.7. The van der Waals surface area contributed by atoms with Crippen molar-refractivity contribution in [1.29, 1.82) is 0 Å². The summed E-state index contributed by atoms with van der Waals surface area (Å²) in [6, 6.07) is 8.99. The van der Waals surface area contributed by atoms with Gasteiger partial charge >= 0.3 is 0 Å². The molecular weight excluding hydrogens is 360 g/mol. The monoisotopic (exact) mass is 380 g/mol. The molecule has 0 spiro atoms. The van der Waals surface area contributed by atoms with Gasteiger partial charge in [0.1, 0.15) is 5.00 Å². The Kier molecular flexibility index (Phi) is 4.53. The summed E-state index contributed by atoms with van der Waals surface area (Å²) in [5, 5.41) is 7.62. The Hall–Kier alpha value is -2.93. The summed E-state index contributed by atoms with van der Waals surface area (Å²) in [6.45, 7) is 2.20. The fraction of sp³-hybridized carbons (Fsp3) is 0.250. The van der Waals surface area contributed by atoms with Crippen molar-refractivity contribution in [3.8, 4) is 5.69 Å². The molecule has 4 rings (SSSR count). The molecule has 0 unspecified atom stereocenters. The first-order valence-electron chi connectivity index (χ1n) is 8.88. The summed E-state index contributed by atoms with van der Waals surface area (Å²) in [5.41, 5.74) is 8.48. The van der Waals surface area contributed by atoms with E-state index in [4.69, 9.17) is 5.73 Å². The lowest BCUT2D eigenvalue weighted by atomic mass is 9.88. The third-order valence-corrected chi connectivity index (χ3v) is 6.05. The minimum atomic E-state index is -0.480. The smallest absolute Gasteiger partial charge is 0.256 e. The van der Waals surface area contributed by atoms with Crippen molar-refractivity contribution in [2.24, 2.45) is 11.7 Å². The molecule has 0 radical (unpaired) electrons. The summed E-state index contributed by atoms with van der Waals surface area (Å²) in [5.74, 6) is -0.155. The summed E-state index contributed by atoms with van der Waals surface area (Å²) in [6.07, 6.45) is 6.33. The van der Waals surface area contributed by atoms with Gasteiger partial charge in [-0.1, -0.05) is 6.92 Å². The number of benzene rings is 1. The number of carbonyl (C=O) groups excluding carboxylic acids is 2. The zero-order valence-electron chi connectivity index (χ0n) is 14.9. The lowest BCUT2D eigenvalue weighted by Gasteiger charge is -2.18. The van der Waals surface area contributed by atoms with Crippen molar-refractivity contribution in [3.63, 3.8) is 0 Å². The van der Waals surface area contributed by atoms with Crippen molar-refractivity contribution in [2.75, 3.05) is 5.32 Å². The summed E-state index contributed by atoms with van der Waals surface area (Å²) in [4.78, 5) is 25.8.